The van der Waals surface area contributed by atoms with Gasteiger partial charge in [-0.15, -0.1) is 0 Å². The minimum absolute atomic E-state index is 0.117. The van der Waals surface area contributed by atoms with E-state index in [2.05, 4.69) is 9.97 Å². The fraction of sp³-hybridized carbons (Fsp3) is 0.421. The third-order valence-corrected chi connectivity index (χ3v) is 4.44. The normalized spacial score (nSPS) is 17.8. The molecule has 1 aliphatic heterocycles. The van der Waals surface area contributed by atoms with Crippen molar-refractivity contribution in [1.29, 1.82) is 0 Å². The Morgan fingerprint density at radius 3 is 2.88 bits per heavy atom. The molecule has 0 bridgehead atoms. The van der Waals surface area contributed by atoms with E-state index in [1.54, 1.807) is 18.5 Å². The highest BCUT2D eigenvalue weighted by atomic mass is 19.1. The Balaban J connectivity index is 1.85. The summed E-state index contributed by atoms with van der Waals surface area (Å²) >= 11 is 0. The minimum atomic E-state index is -0.291. The van der Waals surface area contributed by atoms with Gasteiger partial charge in [0.1, 0.15) is 5.82 Å². The summed E-state index contributed by atoms with van der Waals surface area (Å²) in [5.41, 5.74) is 2.27. The summed E-state index contributed by atoms with van der Waals surface area (Å²) in [5, 5.41) is 0. The van der Waals surface area contributed by atoms with E-state index in [1.807, 2.05) is 30.0 Å². The van der Waals surface area contributed by atoms with Crippen molar-refractivity contribution in [2.45, 2.75) is 18.8 Å². The largest absolute Gasteiger partial charge is 0.341 e. The van der Waals surface area contributed by atoms with Crippen molar-refractivity contribution in [3.05, 3.63) is 48.2 Å². The lowest BCUT2D eigenvalue weighted by molar-refractivity contribution is -0.133. The second-order valence-corrected chi connectivity index (χ2v) is 6.72. The first kappa shape index (κ1) is 17.5. The lowest BCUT2D eigenvalue weighted by Crippen LogP contribution is -2.43. The molecule has 1 atom stereocenters. The molecular weight excluding hydrogens is 319 g/mol. The van der Waals surface area contributed by atoms with Crippen LogP contribution in [0, 0.1) is 5.82 Å². The summed E-state index contributed by atoms with van der Waals surface area (Å²) < 4.78 is 13.6. The quantitative estimate of drug-likeness (QED) is 0.857. The standard InChI is InChI=1S/C19H23FN4O/c1-23(2)13-17(25)24-10-4-6-15(12-24)19-18(21-8-9-22-19)14-5-3-7-16(20)11-14/h3,5,7-9,11,15H,4,6,10,12-13H2,1-2H3. The molecule has 6 heteroatoms. The van der Waals surface area contributed by atoms with Gasteiger partial charge in [-0.25, -0.2) is 4.39 Å². The van der Waals surface area contributed by atoms with E-state index in [4.69, 9.17) is 0 Å². The van der Waals surface area contributed by atoms with Crippen LogP contribution < -0.4 is 0 Å². The van der Waals surface area contributed by atoms with Gasteiger partial charge < -0.3 is 9.80 Å². The Morgan fingerprint density at radius 1 is 1.32 bits per heavy atom. The molecule has 1 saturated heterocycles. The Labute approximate surface area is 147 Å². The van der Waals surface area contributed by atoms with Crippen LogP contribution in [-0.4, -0.2) is 59.4 Å². The zero-order valence-corrected chi connectivity index (χ0v) is 14.7. The van der Waals surface area contributed by atoms with Gasteiger partial charge in [0.2, 0.25) is 5.91 Å². The zero-order chi connectivity index (χ0) is 17.8. The molecule has 0 saturated carbocycles. The fourth-order valence-electron chi connectivity index (χ4n) is 3.30. The van der Waals surface area contributed by atoms with Crippen molar-refractivity contribution in [3.8, 4) is 11.3 Å². The minimum Gasteiger partial charge on any atom is -0.341 e. The van der Waals surface area contributed by atoms with Crippen molar-refractivity contribution in [1.82, 2.24) is 19.8 Å². The van der Waals surface area contributed by atoms with Gasteiger partial charge >= 0.3 is 0 Å². The maximum atomic E-state index is 13.6. The molecule has 1 aromatic carbocycles. The Kier molecular flexibility index (Phi) is 5.38. The lowest BCUT2D eigenvalue weighted by atomic mass is 9.91. The molecule has 1 aliphatic rings. The Morgan fingerprint density at radius 2 is 2.12 bits per heavy atom. The fourth-order valence-corrected chi connectivity index (χ4v) is 3.30. The number of likely N-dealkylation sites (N-methyl/N-ethyl adjacent to an activating group) is 1. The summed E-state index contributed by atoms with van der Waals surface area (Å²) in [6.45, 7) is 1.82. The van der Waals surface area contributed by atoms with E-state index in [0.717, 1.165) is 30.6 Å². The zero-order valence-electron chi connectivity index (χ0n) is 14.7. The molecule has 0 N–H and O–H groups in total. The van der Waals surface area contributed by atoms with Crippen LogP contribution in [0.4, 0.5) is 4.39 Å². The molecule has 1 amide bonds. The number of rotatable bonds is 4. The van der Waals surface area contributed by atoms with E-state index in [-0.39, 0.29) is 17.6 Å². The predicted molar refractivity (Wildman–Crippen MR) is 94.5 cm³/mol. The van der Waals surface area contributed by atoms with Crippen LogP contribution in [0.5, 0.6) is 0 Å². The Hall–Kier alpha value is -2.34. The molecule has 0 spiro atoms. The predicted octanol–water partition coefficient (Wildman–Crippen LogP) is 2.55. The first-order chi connectivity index (χ1) is 12.0. The molecule has 1 unspecified atom stereocenters. The van der Waals surface area contributed by atoms with E-state index in [0.29, 0.717) is 18.8 Å². The lowest BCUT2D eigenvalue weighted by Gasteiger charge is -2.33. The van der Waals surface area contributed by atoms with E-state index < -0.39 is 0 Å². The summed E-state index contributed by atoms with van der Waals surface area (Å²) in [7, 11) is 3.79. The molecule has 0 radical (unpaired) electrons. The maximum absolute atomic E-state index is 13.6. The van der Waals surface area contributed by atoms with Gasteiger partial charge in [-0.1, -0.05) is 12.1 Å². The average Bonchev–Trinajstić information content (AvgIpc) is 2.61. The molecule has 0 aliphatic carbocycles. The topological polar surface area (TPSA) is 49.3 Å². The van der Waals surface area contributed by atoms with E-state index >= 15 is 0 Å². The molecule has 1 fully saturated rings. The number of halogens is 1. The number of carbonyl (C=O) groups excluding carboxylic acids is 1. The smallest absolute Gasteiger partial charge is 0.236 e. The van der Waals surface area contributed by atoms with Crippen LogP contribution in [0.2, 0.25) is 0 Å². The van der Waals surface area contributed by atoms with Crippen molar-refractivity contribution < 1.29 is 9.18 Å². The number of amides is 1. The molecule has 1 aromatic heterocycles. The van der Waals surface area contributed by atoms with Gasteiger partial charge in [0.25, 0.3) is 0 Å². The van der Waals surface area contributed by atoms with Crippen molar-refractivity contribution >= 4 is 5.91 Å². The van der Waals surface area contributed by atoms with Crippen LogP contribution in [-0.2, 0) is 4.79 Å². The molecular formula is C19H23FN4O. The van der Waals surface area contributed by atoms with Gasteiger partial charge in [0.15, 0.2) is 0 Å². The van der Waals surface area contributed by atoms with Gasteiger partial charge in [-0.3, -0.25) is 14.8 Å². The van der Waals surface area contributed by atoms with E-state index in [1.165, 1.54) is 12.1 Å². The van der Waals surface area contributed by atoms with Crippen molar-refractivity contribution in [3.63, 3.8) is 0 Å². The van der Waals surface area contributed by atoms with Crippen LogP contribution in [0.1, 0.15) is 24.5 Å². The number of carbonyl (C=O) groups is 1. The second kappa shape index (κ2) is 7.70. The molecule has 132 valence electrons. The summed E-state index contributed by atoms with van der Waals surface area (Å²) in [4.78, 5) is 25.1. The number of aromatic nitrogens is 2. The monoisotopic (exact) mass is 342 g/mol. The van der Waals surface area contributed by atoms with Crippen LogP contribution in [0.25, 0.3) is 11.3 Å². The highest BCUT2D eigenvalue weighted by molar-refractivity contribution is 5.78. The number of likely N-dealkylation sites (tertiary alicyclic amines) is 1. The number of nitrogens with zero attached hydrogens (tertiary/aromatic N) is 4. The van der Waals surface area contributed by atoms with Gasteiger partial charge in [-0.2, -0.15) is 0 Å². The molecule has 2 aromatic rings. The average molecular weight is 342 g/mol. The molecule has 2 heterocycles. The van der Waals surface area contributed by atoms with Gasteiger partial charge in [0.05, 0.1) is 17.9 Å². The summed E-state index contributed by atoms with van der Waals surface area (Å²) in [5.74, 6) is -0.0433. The second-order valence-electron chi connectivity index (χ2n) is 6.72. The summed E-state index contributed by atoms with van der Waals surface area (Å²) in [6.07, 6.45) is 5.18. The third kappa shape index (κ3) is 4.20. The highest BCUT2D eigenvalue weighted by Crippen LogP contribution is 2.32. The van der Waals surface area contributed by atoms with Crippen molar-refractivity contribution in [2.24, 2.45) is 0 Å². The molecule has 3 rings (SSSR count). The van der Waals surface area contributed by atoms with Gasteiger partial charge in [0, 0.05) is 37.0 Å². The van der Waals surface area contributed by atoms with Crippen LogP contribution >= 0.6 is 0 Å². The summed E-state index contributed by atoms with van der Waals surface area (Å²) in [6, 6.07) is 6.42. The Bertz CT molecular complexity index is 750. The number of hydrogen-bond donors (Lipinski definition) is 0. The molecule has 5 nitrogen and oxygen atoms in total. The highest BCUT2D eigenvalue weighted by Gasteiger charge is 2.28. The maximum Gasteiger partial charge on any atom is 0.236 e. The van der Waals surface area contributed by atoms with Crippen LogP contribution in [0.3, 0.4) is 0 Å². The first-order valence-electron chi connectivity index (χ1n) is 8.54. The number of piperidine rings is 1. The first-order valence-corrected chi connectivity index (χ1v) is 8.54. The van der Waals surface area contributed by atoms with E-state index in [9.17, 15) is 9.18 Å². The SMILES string of the molecule is CN(C)CC(=O)N1CCCC(c2nccnc2-c2cccc(F)c2)C1. The van der Waals surface area contributed by atoms with Crippen molar-refractivity contribution in [2.75, 3.05) is 33.7 Å². The molecule has 25 heavy (non-hydrogen) atoms. The van der Waals surface area contributed by atoms with Gasteiger partial charge in [-0.05, 0) is 39.1 Å². The third-order valence-electron chi connectivity index (χ3n) is 4.44. The number of benzene rings is 1. The van der Waals surface area contributed by atoms with Crippen LogP contribution in [0.15, 0.2) is 36.7 Å². The number of hydrogen-bond acceptors (Lipinski definition) is 4.